The van der Waals surface area contributed by atoms with Gasteiger partial charge in [-0.05, 0) is 12.0 Å². The molecule has 26 heavy (non-hydrogen) atoms. The van der Waals surface area contributed by atoms with Crippen molar-refractivity contribution in [3.8, 4) is 0 Å². The topological polar surface area (TPSA) is 84.0 Å². The van der Waals surface area contributed by atoms with E-state index in [0.29, 0.717) is 13.0 Å². The van der Waals surface area contributed by atoms with Crippen LogP contribution in [0.1, 0.15) is 12.0 Å². The number of rotatable bonds is 5. The fourth-order valence-corrected chi connectivity index (χ4v) is 4.97. The van der Waals surface area contributed by atoms with E-state index in [2.05, 4.69) is 6.58 Å². The predicted octanol–water partition coefficient (Wildman–Crippen LogP) is 1.62. The summed E-state index contributed by atoms with van der Waals surface area (Å²) in [5.74, 6) is -1.11. The lowest BCUT2D eigenvalue weighted by molar-refractivity contribution is -0.128. The van der Waals surface area contributed by atoms with Gasteiger partial charge in [-0.3, -0.25) is 4.79 Å². The van der Waals surface area contributed by atoms with Crippen molar-refractivity contribution in [3.05, 3.63) is 48.6 Å². The lowest BCUT2D eigenvalue weighted by Gasteiger charge is -2.23. The van der Waals surface area contributed by atoms with E-state index in [9.17, 15) is 18.0 Å². The Balaban J connectivity index is 1.71. The molecule has 1 aromatic carbocycles. The molecule has 1 aromatic rings. The second-order valence-electron chi connectivity index (χ2n) is 6.70. The van der Waals surface area contributed by atoms with Gasteiger partial charge in [0.25, 0.3) is 0 Å². The van der Waals surface area contributed by atoms with Crippen LogP contribution in [0.15, 0.2) is 43.0 Å². The van der Waals surface area contributed by atoms with Crippen LogP contribution in [0.25, 0.3) is 0 Å². The Morgan fingerprint density at radius 1 is 1.31 bits per heavy atom. The standard InChI is InChI=1S/C18H22N2O5S/c1-3-7-14-15-10-19(11-16(15)20(17(14)21)26(2,23)24)18(22)25-12-13-8-5-4-6-9-13/h3-6,8-9,14-16H,1,7,10-12H2,2H3/t14-,15-,16+/m1/s1. The summed E-state index contributed by atoms with van der Waals surface area (Å²) < 4.78 is 30.4. The molecule has 0 spiro atoms. The van der Waals surface area contributed by atoms with Crippen LogP contribution in [0, 0.1) is 11.8 Å². The van der Waals surface area contributed by atoms with E-state index in [0.717, 1.165) is 16.1 Å². The van der Waals surface area contributed by atoms with Crippen LogP contribution in [-0.2, 0) is 26.2 Å². The monoisotopic (exact) mass is 378 g/mol. The molecule has 140 valence electrons. The van der Waals surface area contributed by atoms with Crippen LogP contribution < -0.4 is 0 Å². The number of hydrogen-bond donors (Lipinski definition) is 0. The summed E-state index contributed by atoms with van der Waals surface area (Å²) in [5.41, 5.74) is 0.873. The summed E-state index contributed by atoms with van der Waals surface area (Å²) in [4.78, 5) is 26.4. The number of fused-ring (bicyclic) bond motifs is 1. The van der Waals surface area contributed by atoms with Gasteiger partial charge in [0.15, 0.2) is 0 Å². The average Bonchev–Trinajstić information content (AvgIpc) is 3.11. The minimum Gasteiger partial charge on any atom is -0.445 e. The largest absolute Gasteiger partial charge is 0.445 e. The molecule has 2 aliphatic heterocycles. The number of allylic oxidation sites excluding steroid dienone is 1. The molecular formula is C18H22N2O5S. The first-order valence-electron chi connectivity index (χ1n) is 8.42. The minimum atomic E-state index is -3.69. The second-order valence-corrected chi connectivity index (χ2v) is 8.56. The quantitative estimate of drug-likeness (QED) is 0.727. The van der Waals surface area contributed by atoms with Gasteiger partial charge >= 0.3 is 6.09 Å². The Morgan fingerprint density at radius 3 is 2.62 bits per heavy atom. The molecule has 0 aromatic heterocycles. The van der Waals surface area contributed by atoms with Crippen LogP contribution in [0.4, 0.5) is 4.79 Å². The van der Waals surface area contributed by atoms with Crippen molar-refractivity contribution >= 4 is 22.0 Å². The van der Waals surface area contributed by atoms with Gasteiger partial charge in [-0.2, -0.15) is 0 Å². The third kappa shape index (κ3) is 3.46. The van der Waals surface area contributed by atoms with Crippen molar-refractivity contribution in [1.82, 2.24) is 9.21 Å². The van der Waals surface area contributed by atoms with Crippen molar-refractivity contribution in [2.45, 2.75) is 19.1 Å². The van der Waals surface area contributed by atoms with Gasteiger partial charge < -0.3 is 9.64 Å². The summed E-state index contributed by atoms with van der Waals surface area (Å²) >= 11 is 0. The zero-order valence-corrected chi connectivity index (χ0v) is 15.4. The molecule has 2 amide bonds. The van der Waals surface area contributed by atoms with E-state index >= 15 is 0 Å². The van der Waals surface area contributed by atoms with Gasteiger partial charge in [-0.1, -0.05) is 36.4 Å². The molecule has 0 radical (unpaired) electrons. The van der Waals surface area contributed by atoms with Crippen LogP contribution >= 0.6 is 0 Å². The highest BCUT2D eigenvalue weighted by Gasteiger charge is 2.55. The number of carbonyl (C=O) groups excluding carboxylic acids is 2. The van der Waals surface area contributed by atoms with E-state index in [-0.39, 0.29) is 19.1 Å². The lowest BCUT2D eigenvalue weighted by Crippen LogP contribution is -2.43. The highest BCUT2D eigenvalue weighted by atomic mass is 32.2. The fourth-order valence-electron chi connectivity index (χ4n) is 3.79. The van der Waals surface area contributed by atoms with Crippen molar-refractivity contribution in [2.24, 2.45) is 11.8 Å². The molecule has 0 bridgehead atoms. The van der Waals surface area contributed by atoms with Gasteiger partial charge in [0.1, 0.15) is 6.61 Å². The minimum absolute atomic E-state index is 0.149. The number of amides is 2. The zero-order chi connectivity index (χ0) is 18.9. The molecule has 2 heterocycles. The first-order chi connectivity index (χ1) is 12.3. The summed E-state index contributed by atoms with van der Waals surface area (Å²) in [7, 11) is -3.69. The molecule has 0 aliphatic carbocycles. The number of likely N-dealkylation sites (tertiary alicyclic amines) is 1. The third-order valence-electron chi connectivity index (χ3n) is 4.93. The second kappa shape index (κ2) is 7.11. The number of carbonyl (C=O) groups is 2. The van der Waals surface area contributed by atoms with Gasteiger partial charge in [-0.25, -0.2) is 17.5 Å². The Labute approximate surface area is 153 Å². The van der Waals surface area contributed by atoms with Crippen molar-refractivity contribution in [2.75, 3.05) is 19.3 Å². The Hall–Kier alpha value is -2.35. The van der Waals surface area contributed by atoms with Crippen LogP contribution in [0.2, 0.25) is 0 Å². The highest BCUT2D eigenvalue weighted by molar-refractivity contribution is 7.88. The Bertz CT molecular complexity index is 808. The molecule has 0 saturated carbocycles. The maximum atomic E-state index is 12.5. The van der Waals surface area contributed by atoms with E-state index in [1.807, 2.05) is 30.3 Å². The molecule has 2 fully saturated rings. The molecule has 8 heteroatoms. The summed E-state index contributed by atoms with van der Waals surface area (Å²) in [6.07, 6.45) is 2.52. The van der Waals surface area contributed by atoms with Crippen molar-refractivity contribution < 1.29 is 22.7 Å². The summed E-state index contributed by atoms with van der Waals surface area (Å²) in [6.45, 7) is 4.26. The normalized spacial score (nSPS) is 25.3. The molecule has 3 atom stereocenters. The first-order valence-corrected chi connectivity index (χ1v) is 10.3. The molecule has 0 unspecified atom stereocenters. The van der Waals surface area contributed by atoms with Crippen LogP contribution in [0.5, 0.6) is 0 Å². The molecule has 3 rings (SSSR count). The Morgan fingerprint density at radius 2 is 2.00 bits per heavy atom. The number of ether oxygens (including phenoxy) is 1. The van der Waals surface area contributed by atoms with E-state index in [1.165, 1.54) is 4.90 Å². The summed E-state index contributed by atoms with van der Waals surface area (Å²) in [6, 6.07) is 8.78. The maximum Gasteiger partial charge on any atom is 0.410 e. The van der Waals surface area contributed by atoms with Gasteiger partial charge in [0.05, 0.1) is 12.3 Å². The van der Waals surface area contributed by atoms with Crippen molar-refractivity contribution in [3.63, 3.8) is 0 Å². The summed E-state index contributed by atoms with van der Waals surface area (Å²) in [5, 5.41) is 0. The van der Waals surface area contributed by atoms with Crippen LogP contribution in [-0.4, -0.2) is 55.0 Å². The highest BCUT2D eigenvalue weighted by Crippen LogP contribution is 2.40. The molecule has 0 N–H and O–H groups in total. The zero-order valence-electron chi connectivity index (χ0n) is 14.6. The van der Waals surface area contributed by atoms with Crippen LogP contribution in [0.3, 0.4) is 0 Å². The van der Waals surface area contributed by atoms with Crippen molar-refractivity contribution in [1.29, 1.82) is 0 Å². The lowest BCUT2D eigenvalue weighted by atomic mass is 9.90. The van der Waals surface area contributed by atoms with E-state index in [1.54, 1.807) is 6.08 Å². The van der Waals surface area contributed by atoms with Gasteiger partial charge in [0.2, 0.25) is 15.9 Å². The molecule has 2 aliphatic rings. The fraction of sp³-hybridized carbons (Fsp3) is 0.444. The van der Waals surface area contributed by atoms with E-state index < -0.39 is 34.0 Å². The first kappa shape index (κ1) is 18.4. The smallest absolute Gasteiger partial charge is 0.410 e. The number of sulfonamides is 1. The number of hydrogen-bond acceptors (Lipinski definition) is 5. The third-order valence-corrected chi connectivity index (χ3v) is 6.09. The molecule has 7 nitrogen and oxygen atoms in total. The number of benzene rings is 1. The molecule has 2 saturated heterocycles. The van der Waals surface area contributed by atoms with Gasteiger partial charge in [0, 0.05) is 24.9 Å². The maximum absolute atomic E-state index is 12.5. The molecular weight excluding hydrogens is 356 g/mol. The average molecular weight is 378 g/mol. The SMILES string of the molecule is C=CC[C@H]1C(=O)N(S(C)(=O)=O)[C@H]2CN(C(=O)OCc3ccccc3)C[C@H]12. The number of nitrogens with zero attached hydrogens (tertiary/aromatic N) is 2. The predicted molar refractivity (Wildman–Crippen MR) is 95.5 cm³/mol. The van der Waals surface area contributed by atoms with E-state index in [4.69, 9.17) is 4.74 Å². The Kier molecular flexibility index (Phi) is 5.04. The van der Waals surface area contributed by atoms with Gasteiger partial charge in [-0.15, -0.1) is 6.58 Å².